The van der Waals surface area contributed by atoms with Gasteiger partial charge in [0.05, 0.1) is 36.1 Å². The van der Waals surface area contributed by atoms with E-state index in [4.69, 9.17) is 14.6 Å². The quantitative estimate of drug-likeness (QED) is 0.694. The second kappa shape index (κ2) is 7.83. The second-order valence-corrected chi connectivity index (χ2v) is 8.28. The summed E-state index contributed by atoms with van der Waals surface area (Å²) in [6, 6.07) is 15.7. The predicted octanol–water partition coefficient (Wildman–Crippen LogP) is 4.36. The van der Waals surface area contributed by atoms with Crippen LogP contribution in [0.1, 0.15) is 29.0 Å². The predicted molar refractivity (Wildman–Crippen MR) is 115 cm³/mol. The van der Waals surface area contributed by atoms with E-state index in [1.165, 1.54) is 0 Å². The van der Waals surface area contributed by atoms with Crippen LogP contribution < -0.4 is 14.8 Å². The number of hydrogen-bond acceptors (Lipinski definition) is 5. The molecule has 3 aromatic rings. The van der Waals surface area contributed by atoms with Crippen molar-refractivity contribution >= 4 is 23.5 Å². The van der Waals surface area contributed by atoms with Gasteiger partial charge >= 0.3 is 0 Å². The van der Waals surface area contributed by atoms with E-state index in [1.807, 2.05) is 62.4 Å². The number of para-hydroxylation sites is 2. The van der Waals surface area contributed by atoms with Crippen molar-refractivity contribution in [2.24, 2.45) is 0 Å². The SMILES string of the molecule is COc1cccc(C2SC(C)C(=O)Nc3c2c(C)nn3-c2ccccc2)c1OC. The van der Waals surface area contributed by atoms with Crippen LogP contribution in [0.25, 0.3) is 5.69 Å². The molecule has 2 unspecified atom stereocenters. The highest BCUT2D eigenvalue weighted by atomic mass is 32.2. The Bertz CT molecular complexity index is 1050. The van der Waals surface area contributed by atoms with Gasteiger partial charge in [-0.2, -0.15) is 5.10 Å². The summed E-state index contributed by atoms with van der Waals surface area (Å²) in [4.78, 5) is 12.8. The smallest absolute Gasteiger partial charge is 0.238 e. The molecule has 1 amide bonds. The molecule has 0 bridgehead atoms. The van der Waals surface area contributed by atoms with Crippen molar-refractivity contribution in [1.29, 1.82) is 0 Å². The minimum atomic E-state index is -0.244. The Morgan fingerprint density at radius 1 is 1.07 bits per heavy atom. The third kappa shape index (κ3) is 3.35. The number of carbonyl (C=O) groups is 1. The molecule has 2 aromatic carbocycles. The lowest BCUT2D eigenvalue weighted by Crippen LogP contribution is -2.22. The van der Waals surface area contributed by atoms with Crippen LogP contribution in [-0.4, -0.2) is 35.2 Å². The first-order valence-corrected chi connectivity index (χ1v) is 10.3. The number of hydrogen-bond donors (Lipinski definition) is 1. The number of carbonyl (C=O) groups excluding carboxylic acids is 1. The standard InChI is InChI=1S/C22H23N3O3S/c1-13-18-20(16-11-8-12-17(27-3)19(16)28-4)29-14(2)22(26)23-21(18)25(24-13)15-9-6-5-7-10-15/h5-12,14,20H,1-4H3,(H,23,26). The summed E-state index contributed by atoms with van der Waals surface area (Å²) < 4.78 is 13.0. The number of thioether (sulfide) groups is 1. The number of amides is 1. The van der Waals surface area contributed by atoms with E-state index in [-0.39, 0.29) is 16.4 Å². The maximum absolute atomic E-state index is 12.8. The molecular weight excluding hydrogens is 386 g/mol. The van der Waals surface area contributed by atoms with Gasteiger partial charge in [0, 0.05) is 11.1 Å². The van der Waals surface area contributed by atoms with Crippen molar-refractivity contribution in [2.45, 2.75) is 24.3 Å². The summed E-state index contributed by atoms with van der Waals surface area (Å²) in [6.07, 6.45) is 0. The molecule has 2 heterocycles. The molecule has 7 heteroatoms. The Morgan fingerprint density at radius 3 is 2.52 bits per heavy atom. The molecule has 1 aromatic heterocycles. The van der Waals surface area contributed by atoms with Gasteiger partial charge in [0.15, 0.2) is 11.5 Å². The number of methoxy groups -OCH3 is 2. The highest BCUT2D eigenvalue weighted by Crippen LogP contribution is 2.50. The van der Waals surface area contributed by atoms with E-state index < -0.39 is 0 Å². The highest BCUT2D eigenvalue weighted by Gasteiger charge is 2.35. The van der Waals surface area contributed by atoms with Crippen LogP contribution in [0.15, 0.2) is 48.5 Å². The van der Waals surface area contributed by atoms with E-state index in [1.54, 1.807) is 30.7 Å². The van der Waals surface area contributed by atoms with Crippen molar-refractivity contribution in [1.82, 2.24) is 9.78 Å². The number of rotatable bonds is 4. The fourth-order valence-corrected chi connectivity index (χ4v) is 4.97. The first-order valence-electron chi connectivity index (χ1n) is 9.37. The molecule has 6 nitrogen and oxygen atoms in total. The molecule has 150 valence electrons. The third-order valence-electron chi connectivity index (χ3n) is 5.04. The molecule has 1 aliphatic heterocycles. The first-order chi connectivity index (χ1) is 14.0. The molecule has 29 heavy (non-hydrogen) atoms. The van der Waals surface area contributed by atoms with Crippen molar-refractivity contribution < 1.29 is 14.3 Å². The van der Waals surface area contributed by atoms with Crippen LogP contribution in [0.4, 0.5) is 5.82 Å². The number of aryl methyl sites for hydroxylation is 1. The number of nitrogens with one attached hydrogen (secondary N) is 1. The van der Waals surface area contributed by atoms with Crippen molar-refractivity contribution in [3.8, 4) is 17.2 Å². The van der Waals surface area contributed by atoms with Gasteiger partial charge in [-0.1, -0.05) is 30.3 Å². The van der Waals surface area contributed by atoms with Gasteiger partial charge in [0.1, 0.15) is 5.82 Å². The molecule has 0 saturated heterocycles. The van der Waals surface area contributed by atoms with Gasteiger partial charge in [-0.15, -0.1) is 11.8 Å². The van der Waals surface area contributed by atoms with Crippen LogP contribution in [0.5, 0.6) is 11.5 Å². The lowest BCUT2D eigenvalue weighted by atomic mass is 10.0. The topological polar surface area (TPSA) is 65.4 Å². The zero-order valence-electron chi connectivity index (χ0n) is 16.8. The van der Waals surface area contributed by atoms with Crippen molar-refractivity contribution in [2.75, 3.05) is 19.5 Å². The molecule has 0 radical (unpaired) electrons. The Labute approximate surface area is 174 Å². The summed E-state index contributed by atoms with van der Waals surface area (Å²) in [5, 5.41) is 7.47. The lowest BCUT2D eigenvalue weighted by Gasteiger charge is -2.21. The molecular formula is C22H23N3O3S. The third-order valence-corrected chi connectivity index (χ3v) is 6.42. The number of fused-ring (bicyclic) bond motifs is 1. The Morgan fingerprint density at radius 2 is 1.83 bits per heavy atom. The van der Waals surface area contributed by atoms with Gasteiger partial charge in [0.25, 0.3) is 0 Å². The van der Waals surface area contributed by atoms with E-state index >= 15 is 0 Å². The average molecular weight is 410 g/mol. The van der Waals surface area contributed by atoms with E-state index in [0.717, 1.165) is 22.5 Å². The monoisotopic (exact) mass is 409 g/mol. The summed E-state index contributed by atoms with van der Waals surface area (Å²) in [5.41, 5.74) is 3.69. The molecule has 0 fully saturated rings. The van der Waals surface area contributed by atoms with Gasteiger partial charge in [-0.25, -0.2) is 4.68 Å². The molecule has 1 N–H and O–H groups in total. The van der Waals surface area contributed by atoms with Crippen LogP contribution >= 0.6 is 11.8 Å². The van der Waals surface area contributed by atoms with Gasteiger partial charge in [-0.3, -0.25) is 4.79 Å². The molecule has 0 spiro atoms. The van der Waals surface area contributed by atoms with Gasteiger partial charge in [-0.05, 0) is 32.0 Å². The molecule has 0 saturated carbocycles. The number of aromatic nitrogens is 2. The second-order valence-electron chi connectivity index (χ2n) is 6.83. The zero-order chi connectivity index (χ0) is 20.5. The summed E-state index contributed by atoms with van der Waals surface area (Å²) in [7, 11) is 3.26. The normalized spacial score (nSPS) is 18.6. The van der Waals surface area contributed by atoms with E-state index in [2.05, 4.69) is 5.32 Å². The average Bonchev–Trinajstić information content (AvgIpc) is 3.00. The van der Waals surface area contributed by atoms with Crippen molar-refractivity contribution in [3.05, 3.63) is 65.4 Å². The maximum Gasteiger partial charge on any atom is 0.238 e. The number of nitrogens with zero attached hydrogens (tertiary/aromatic N) is 2. The lowest BCUT2D eigenvalue weighted by molar-refractivity contribution is -0.115. The van der Waals surface area contributed by atoms with Crippen LogP contribution in [-0.2, 0) is 4.79 Å². The first kappa shape index (κ1) is 19.4. The zero-order valence-corrected chi connectivity index (χ0v) is 17.6. The number of benzene rings is 2. The number of anilines is 1. The van der Waals surface area contributed by atoms with Crippen LogP contribution in [0.3, 0.4) is 0 Å². The minimum Gasteiger partial charge on any atom is -0.493 e. The largest absolute Gasteiger partial charge is 0.493 e. The maximum atomic E-state index is 12.8. The molecule has 0 aliphatic carbocycles. The Balaban J connectivity index is 1.95. The van der Waals surface area contributed by atoms with Gasteiger partial charge in [0.2, 0.25) is 5.91 Å². The summed E-state index contributed by atoms with van der Waals surface area (Å²) in [6.45, 7) is 3.89. The van der Waals surface area contributed by atoms with Crippen LogP contribution in [0, 0.1) is 6.92 Å². The molecule has 4 rings (SSSR count). The minimum absolute atomic E-state index is 0.0438. The van der Waals surface area contributed by atoms with Gasteiger partial charge < -0.3 is 14.8 Å². The van der Waals surface area contributed by atoms with Crippen LogP contribution in [0.2, 0.25) is 0 Å². The summed E-state index contributed by atoms with van der Waals surface area (Å²) in [5.74, 6) is 1.99. The van der Waals surface area contributed by atoms with Crippen molar-refractivity contribution in [3.63, 3.8) is 0 Å². The fourth-order valence-electron chi connectivity index (χ4n) is 3.63. The van der Waals surface area contributed by atoms with E-state index in [9.17, 15) is 4.79 Å². The highest BCUT2D eigenvalue weighted by molar-refractivity contribution is 8.01. The molecule has 2 atom stereocenters. The Hall–Kier alpha value is -2.93. The van der Waals surface area contributed by atoms with E-state index in [0.29, 0.717) is 17.3 Å². The Kier molecular flexibility index (Phi) is 5.24. The number of ether oxygens (including phenoxy) is 2. The fraction of sp³-hybridized carbons (Fsp3) is 0.273. The summed E-state index contributed by atoms with van der Waals surface area (Å²) >= 11 is 1.58. The molecule has 1 aliphatic rings.